The molecule has 1 aromatic rings. The third kappa shape index (κ3) is 1.33. The van der Waals surface area contributed by atoms with E-state index in [0.717, 1.165) is 17.6 Å². The van der Waals surface area contributed by atoms with Crippen LogP contribution < -0.4 is 10.2 Å². The highest BCUT2D eigenvalue weighted by Crippen LogP contribution is 2.29. The van der Waals surface area contributed by atoms with Crippen molar-refractivity contribution in [2.45, 2.75) is 18.5 Å². The second-order valence-electron chi connectivity index (χ2n) is 4.01. The first-order valence-electron chi connectivity index (χ1n) is 4.93. The van der Waals surface area contributed by atoms with Crippen molar-refractivity contribution in [3.05, 3.63) is 22.9 Å². The Hall–Kier alpha value is -0.610. The number of anilines is 1. The number of pyridine rings is 1. The Kier molecular flexibility index (Phi) is 1.99. The second kappa shape index (κ2) is 3.21. The molecule has 1 aromatic heterocycles. The Bertz CT molecular complexity index is 355. The van der Waals surface area contributed by atoms with E-state index >= 15 is 0 Å². The lowest BCUT2D eigenvalue weighted by Crippen LogP contribution is -2.43. The highest BCUT2D eigenvalue weighted by Gasteiger charge is 2.37. The van der Waals surface area contributed by atoms with Crippen molar-refractivity contribution in [2.75, 3.05) is 18.0 Å². The minimum atomic E-state index is 0.677. The van der Waals surface area contributed by atoms with Crippen LogP contribution in [-0.4, -0.2) is 30.2 Å². The summed E-state index contributed by atoms with van der Waals surface area (Å²) >= 11 is 3.46. The molecule has 4 heteroatoms. The summed E-state index contributed by atoms with van der Waals surface area (Å²) in [4.78, 5) is 6.66. The van der Waals surface area contributed by atoms with Gasteiger partial charge in [-0.1, -0.05) is 0 Å². The highest BCUT2D eigenvalue weighted by molar-refractivity contribution is 9.10. The van der Waals surface area contributed by atoms with E-state index in [1.807, 2.05) is 12.4 Å². The maximum atomic E-state index is 4.20. The molecule has 0 spiro atoms. The minimum Gasteiger partial charge on any atom is -0.364 e. The topological polar surface area (TPSA) is 28.2 Å². The van der Waals surface area contributed by atoms with Crippen molar-refractivity contribution < 1.29 is 0 Å². The van der Waals surface area contributed by atoms with Gasteiger partial charge in [-0.05, 0) is 28.4 Å². The smallest absolute Gasteiger partial charge is 0.0567 e. The maximum absolute atomic E-state index is 4.20. The predicted molar refractivity (Wildman–Crippen MR) is 59.5 cm³/mol. The lowest BCUT2D eigenvalue weighted by atomic mass is 10.2. The Morgan fingerprint density at radius 1 is 1.50 bits per heavy atom. The van der Waals surface area contributed by atoms with E-state index in [0.29, 0.717) is 12.1 Å². The maximum Gasteiger partial charge on any atom is 0.0567 e. The number of fused-ring (bicyclic) bond motifs is 2. The van der Waals surface area contributed by atoms with Crippen LogP contribution in [0.2, 0.25) is 0 Å². The van der Waals surface area contributed by atoms with Gasteiger partial charge in [0.15, 0.2) is 0 Å². The summed E-state index contributed by atoms with van der Waals surface area (Å²) in [6.45, 7) is 2.25. The fraction of sp³-hybridized carbons (Fsp3) is 0.500. The molecule has 2 aliphatic heterocycles. The molecule has 0 aromatic carbocycles. The number of hydrogen-bond acceptors (Lipinski definition) is 3. The Morgan fingerprint density at radius 2 is 2.43 bits per heavy atom. The van der Waals surface area contributed by atoms with Gasteiger partial charge in [-0.3, -0.25) is 4.98 Å². The molecule has 2 fully saturated rings. The molecule has 14 heavy (non-hydrogen) atoms. The number of halogens is 1. The molecule has 1 N–H and O–H groups in total. The molecular weight excluding hydrogens is 242 g/mol. The summed E-state index contributed by atoms with van der Waals surface area (Å²) in [5, 5.41) is 3.50. The normalized spacial score (nSPS) is 29.9. The van der Waals surface area contributed by atoms with Crippen molar-refractivity contribution in [2.24, 2.45) is 0 Å². The molecule has 2 aliphatic rings. The van der Waals surface area contributed by atoms with E-state index in [-0.39, 0.29) is 0 Å². The standard InChI is InChI=1S/C10H12BrN3/c11-7-1-9(4-12-3-7)14-6-8-2-10(14)5-13-8/h1,3-4,8,10,13H,2,5-6H2/t8-,10-/m0/s1. The van der Waals surface area contributed by atoms with Crippen LogP contribution in [0.1, 0.15) is 6.42 Å². The SMILES string of the molecule is Brc1cncc(N2C[C@@H]3C[C@H]2CN3)c1. The first-order chi connectivity index (χ1) is 6.83. The van der Waals surface area contributed by atoms with Crippen molar-refractivity contribution in [3.63, 3.8) is 0 Å². The first kappa shape index (κ1) is 8.68. The molecule has 74 valence electrons. The van der Waals surface area contributed by atoms with Crippen LogP contribution >= 0.6 is 15.9 Å². The van der Waals surface area contributed by atoms with E-state index < -0.39 is 0 Å². The number of piperazine rings is 1. The van der Waals surface area contributed by atoms with Crippen LogP contribution in [0.3, 0.4) is 0 Å². The predicted octanol–water partition coefficient (Wildman–Crippen LogP) is 1.39. The molecule has 3 rings (SSSR count). The molecular formula is C10H12BrN3. The van der Waals surface area contributed by atoms with E-state index in [1.54, 1.807) is 0 Å². The fourth-order valence-electron chi connectivity index (χ4n) is 2.43. The van der Waals surface area contributed by atoms with Crippen LogP contribution in [-0.2, 0) is 0 Å². The zero-order valence-corrected chi connectivity index (χ0v) is 9.37. The van der Waals surface area contributed by atoms with Crippen LogP contribution in [0, 0.1) is 0 Å². The summed E-state index contributed by atoms with van der Waals surface area (Å²) in [6, 6.07) is 3.52. The van der Waals surface area contributed by atoms with Gasteiger partial charge < -0.3 is 10.2 Å². The van der Waals surface area contributed by atoms with Crippen LogP contribution in [0.25, 0.3) is 0 Å². The average molecular weight is 254 g/mol. The molecule has 0 saturated carbocycles. The average Bonchev–Trinajstić information content (AvgIpc) is 2.78. The van der Waals surface area contributed by atoms with Crippen molar-refractivity contribution >= 4 is 21.6 Å². The third-order valence-corrected chi connectivity index (χ3v) is 3.51. The zero-order chi connectivity index (χ0) is 9.54. The molecule has 0 amide bonds. The molecule has 3 heterocycles. The Morgan fingerprint density at radius 3 is 3.07 bits per heavy atom. The molecule has 0 aliphatic carbocycles. The number of rotatable bonds is 1. The van der Waals surface area contributed by atoms with E-state index in [2.05, 4.69) is 37.2 Å². The van der Waals surface area contributed by atoms with Gasteiger partial charge in [0.25, 0.3) is 0 Å². The number of nitrogens with one attached hydrogen (secondary N) is 1. The summed E-state index contributed by atoms with van der Waals surface area (Å²) in [5.41, 5.74) is 1.24. The van der Waals surface area contributed by atoms with Gasteiger partial charge in [0.05, 0.1) is 11.9 Å². The Balaban J connectivity index is 1.89. The molecule has 2 atom stereocenters. The van der Waals surface area contributed by atoms with Crippen molar-refractivity contribution in [3.8, 4) is 0 Å². The van der Waals surface area contributed by atoms with Gasteiger partial charge in [-0.2, -0.15) is 0 Å². The molecule has 3 nitrogen and oxygen atoms in total. The van der Waals surface area contributed by atoms with Gasteiger partial charge >= 0.3 is 0 Å². The molecule has 0 radical (unpaired) electrons. The summed E-state index contributed by atoms with van der Waals surface area (Å²) in [5.74, 6) is 0. The lowest BCUT2D eigenvalue weighted by Gasteiger charge is -2.29. The summed E-state index contributed by atoms with van der Waals surface area (Å²) < 4.78 is 1.06. The number of aromatic nitrogens is 1. The van der Waals surface area contributed by atoms with Gasteiger partial charge in [0, 0.05) is 35.8 Å². The monoisotopic (exact) mass is 253 g/mol. The van der Waals surface area contributed by atoms with E-state index in [9.17, 15) is 0 Å². The van der Waals surface area contributed by atoms with Crippen molar-refractivity contribution in [1.82, 2.24) is 10.3 Å². The quantitative estimate of drug-likeness (QED) is 0.821. The first-order valence-corrected chi connectivity index (χ1v) is 5.73. The van der Waals surface area contributed by atoms with Crippen molar-refractivity contribution in [1.29, 1.82) is 0 Å². The van der Waals surface area contributed by atoms with Crippen LogP contribution in [0.15, 0.2) is 22.9 Å². The lowest BCUT2D eigenvalue weighted by molar-refractivity contribution is 0.579. The van der Waals surface area contributed by atoms with Crippen LogP contribution in [0.4, 0.5) is 5.69 Å². The fourth-order valence-corrected chi connectivity index (χ4v) is 2.79. The summed E-state index contributed by atoms with van der Waals surface area (Å²) in [6.07, 6.45) is 5.06. The zero-order valence-electron chi connectivity index (χ0n) is 7.78. The molecule has 2 bridgehead atoms. The highest BCUT2D eigenvalue weighted by atomic mass is 79.9. The third-order valence-electron chi connectivity index (χ3n) is 3.08. The Labute approximate surface area is 91.6 Å². The molecule has 2 saturated heterocycles. The van der Waals surface area contributed by atoms with Crippen LogP contribution in [0.5, 0.6) is 0 Å². The van der Waals surface area contributed by atoms with Gasteiger partial charge in [0.1, 0.15) is 0 Å². The van der Waals surface area contributed by atoms with Gasteiger partial charge in [-0.25, -0.2) is 0 Å². The molecule has 0 unspecified atom stereocenters. The minimum absolute atomic E-state index is 0.677. The van der Waals surface area contributed by atoms with Gasteiger partial charge in [0.2, 0.25) is 0 Å². The number of nitrogens with zero attached hydrogens (tertiary/aromatic N) is 2. The van der Waals surface area contributed by atoms with E-state index in [1.165, 1.54) is 12.1 Å². The summed E-state index contributed by atoms with van der Waals surface area (Å²) in [7, 11) is 0. The second-order valence-corrected chi connectivity index (χ2v) is 4.92. The number of hydrogen-bond donors (Lipinski definition) is 1. The van der Waals surface area contributed by atoms with Gasteiger partial charge in [-0.15, -0.1) is 0 Å². The van der Waals surface area contributed by atoms with E-state index in [4.69, 9.17) is 0 Å². The largest absolute Gasteiger partial charge is 0.364 e.